The van der Waals surface area contributed by atoms with Crippen LogP contribution in [0.2, 0.25) is 0 Å². The molecule has 5 nitrogen and oxygen atoms in total. The maximum absolute atomic E-state index is 12.7. The van der Waals surface area contributed by atoms with Crippen LogP contribution in [0.25, 0.3) is 11.0 Å². The highest BCUT2D eigenvalue weighted by Gasteiger charge is 2.28. The number of benzene rings is 1. The Morgan fingerprint density at radius 1 is 1.38 bits per heavy atom. The van der Waals surface area contributed by atoms with Gasteiger partial charge in [0.1, 0.15) is 10.7 Å². The van der Waals surface area contributed by atoms with Gasteiger partial charge in [0.25, 0.3) is 5.91 Å². The number of piperidine rings is 1. The molecule has 0 radical (unpaired) electrons. The number of hydrogen-bond acceptors (Lipinski definition) is 4. The number of aryl methyl sites for hydroxylation is 2. The van der Waals surface area contributed by atoms with Crippen LogP contribution >= 0.6 is 11.3 Å². The maximum atomic E-state index is 12.7. The van der Waals surface area contributed by atoms with E-state index in [0.717, 1.165) is 46.1 Å². The molecule has 1 aromatic carbocycles. The van der Waals surface area contributed by atoms with Crippen molar-refractivity contribution < 1.29 is 4.79 Å². The van der Waals surface area contributed by atoms with E-state index < -0.39 is 0 Å². The third-order valence-electron chi connectivity index (χ3n) is 4.66. The van der Waals surface area contributed by atoms with E-state index in [1.54, 1.807) is 6.20 Å². The molecule has 2 aromatic heterocycles. The van der Waals surface area contributed by atoms with Crippen LogP contribution in [0, 0.1) is 13.8 Å². The van der Waals surface area contributed by atoms with Crippen LogP contribution in [0.5, 0.6) is 0 Å². The zero-order valence-electron chi connectivity index (χ0n) is 13.9. The molecule has 1 fully saturated rings. The van der Waals surface area contributed by atoms with E-state index in [0.29, 0.717) is 6.54 Å². The van der Waals surface area contributed by atoms with Gasteiger partial charge in [-0.15, -0.1) is 11.3 Å². The third kappa shape index (κ3) is 2.71. The van der Waals surface area contributed by atoms with Gasteiger partial charge in [0.05, 0.1) is 22.2 Å². The van der Waals surface area contributed by atoms with Crippen LogP contribution in [0.4, 0.5) is 0 Å². The normalized spacial score (nSPS) is 18.2. The van der Waals surface area contributed by atoms with Crippen LogP contribution < -0.4 is 0 Å². The van der Waals surface area contributed by atoms with E-state index in [1.807, 2.05) is 17.9 Å². The molecule has 124 valence electrons. The number of imidazole rings is 1. The first-order valence-electron chi connectivity index (χ1n) is 8.29. The lowest BCUT2D eigenvalue weighted by molar-refractivity contribution is 0.0709. The summed E-state index contributed by atoms with van der Waals surface area (Å²) in [5.74, 6) is 1.36. The van der Waals surface area contributed by atoms with Crippen molar-refractivity contribution >= 4 is 28.3 Å². The number of nitrogens with one attached hydrogen (secondary N) is 1. The van der Waals surface area contributed by atoms with E-state index in [4.69, 9.17) is 4.98 Å². The highest BCUT2D eigenvalue weighted by atomic mass is 32.1. The van der Waals surface area contributed by atoms with Gasteiger partial charge in [0.15, 0.2) is 0 Å². The molecule has 1 aliphatic rings. The molecule has 0 unspecified atom stereocenters. The van der Waals surface area contributed by atoms with E-state index in [2.05, 4.69) is 29.0 Å². The van der Waals surface area contributed by atoms with Gasteiger partial charge in [-0.05, 0) is 38.3 Å². The second-order valence-electron chi connectivity index (χ2n) is 6.43. The fraction of sp³-hybridized carbons (Fsp3) is 0.389. The zero-order valence-corrected chi connectivity index (χ0v) is 14.7. The lowest BCUT2D eigenvalue weighted by Crippen LogP contribution is -2.39. The summed E-state index contributed by atoms with van der Waals surface area (Å²) in [6.45, 7) is 5.53. The quantitative estimate of drug-likeness (QED) is 0.774. The molecule has 6 heteroatoms. The first-order chi connectivity index (χ1) is 11.6. The predicted octanol–water partition coefficient (Wildman–Crippen LogP) is 3.66. The highest BCUT2D eigenvalue weighted by molar-refractivity contribution is 7.13. The summed E-state index contributed by atoms with van der Waals surface area (Å²) in [6, 6.07) is 6.18. The number of carbonyl (C=O) groups is 1. The minimum absolute atomic E-state index is 0.0950. The number of rotatable bonds is 2. The van der Waals surface area contributed by atoms with Gasteiger partial charge in [-0.3, -0.25) is 4.79 Å². The molecule has 1 saturated heterocycles. The van der Waals surface area contributed by atoms with Gasteiger partial charge in [0, 0.05) is 19.0 Å². The standard InChI is InChI=1S/C18H20N4OS/c1-11-5-3-7-14-16(11)21-17(20-14)13-6-4-8-22(10-13)18(23)15-9-19-12(2)24-15/h3,5,7,9,13H,4,6,8,10H2,1-2H3,(H,20,21)/t13-/m1/s1. The fourth-order valence-corrected chi connectivity index (χ4v) is 4.13. The number of likely N-dealkylation sites (tertiary alicyclic amines) is 1. The van der Waals surface area contributed by atoms with Crippen molar-refractivity contribution in [1.82, 2.24) is 19.9 Å². The van der Waals surface area contributed by atoms with Crippen LogP contribution in [-0.2, 0) is 0 Å². The van der Waals surface area contributed by atoms with Gasteiger partial charge in [-0.1, -0.05) is 12.1 Å². The Balaban J connectivity index is 1.57. The average Bonchev–Trinajstić information content (AvgIpc) is 3.21. The number of thiazole rings is 1. The Bertz CT molecular complexity index is 897. The fourth-order valence-electron chi connectivity index (χ4n) is 3.39. The number of nitrogens with zero attached hydrogens (tertiary/aromatic N) is 3. The number of H-pyrrole nitrogens is 1. The minimum Gasteiger partial charge on any atom is -0.342 e. The van der Waals surface area contributed by atoms with Gasteiger partial charge >= 0.3 is 0 Å². The average molecular weight is 340 g/mol. The number of aromatic nitrogens is 3. The number of carbonyl (C=O) groups excluding carboxylic acids is 1. The first kappa shape index (κ1) is 15.3. The Hall–Kier alpha value is -2.21. The molecule has 1 aliphatic heterocycles. The SMILES string of the molecule is Cc1ncc(C(=O)N2CCC[C@@H](c3nc4c(C)cccc4[nH]3)C2)s1. The van der Waals surface area contributed by atoms with Crippen molar-refractivity contribution in [2.75, 3.05) is 13.1 Å². The number of aromatic amines is 1. The molecular formula is C18H20N4OS. The third-order valence-corrected chi connectivity index (χ3v) is 5.56. The van der Waals surface area contributed by atoms with Crippen molar-refractivity contribution in [2.45, 2.75) is 32.6 Å². The molecule has 0 spiro atoms. The van der Waals surface area contributed by atoms with E-state index >= 15 is 0 Å². The molecule has 3 aromatic rings. The van der Waals surface area contributed by atoms with Gasteiger partial charge in [-0.2, -0.15) is 0 Å². The van der Waals surface area contributed by atoms with Crippen molar-refractivity contribution in [3.8, 4) is 0 Å². The smallest absolute Gasteiger partial charge is 0.265 e. The van der Waals surface area contributed by atoms with Gasteiger partial charge < -0.3 is 9.88 Å². The molecule has 4 rings (SSSR count). The number of amides is 1. The lowest BCUT2D eigenvalue weighted by atomic mass is 9.97. The molecule has 0 bridgehead atoms. The highest BCUT2D eigenvalue weighted by Crippen LogP contribution is 2.29. The number of hydrogen-bond donors (Lipinski definition) is 1. The number of para-hydroxylation sites is 1. The Kier molecular flexibility index (Phi) is 3.84. The topological polar surface area (TPSA) is 61.9 Å². The molecule has 24 heavy (non-hydrogen) atoms. The molecule has 1 amide bonds. The second kappa shape index (κ2) is 6.02. The predicted molar refractivity (Wildman–Crippen MR) is 95.6 cm³/mol. The summed E-state index contributed by atoms with van der Waals surface area (Å²) in [5.41, 5.74) is 3.29. The van der Waals surface area contributed by atoms with E-state index in [-0.39, 0.29) is 11.8 Å². The van der Waals surface area contributed by atoms with Crippen LogP contribution in [0.15, 0.2) is 24.4 Å². The van der Waals surface area contributed by atoms with Crippen molar-refractivity contribution in [3.63, 3.8) is 0 Å². The maximum Gasteiger partial charge on any atom is 0.265 e. The minimum atomic E-state index is 0.0950. The Morgan fingerprint density at radius 3 is 3.00 bits per heavy atom. The summed E-state index contributed by atoms with van der Waals surface area (Å²) in [6.07, 6.45) is 3.76. The molecule has 0 saturated carbocycles. The van der Waals surface area contributed by atoms with Crippen LogP contribution in [0.3, 0.4) is 0 Å². The Morgan fingerprint density at radius 2 is 2.25 bits per heavy atom. The zero-order chi connectivity index (χ0) is 16.7. The first-order valence-corrected chi connectivity index (χ1v) is 9.10. The summed E-state index contributed by atoms with van der Waals surface area (Å²) >= 11 is 1.47. The monoisotopic (exact) mass is 340 g/mol. The molecule has 3 heterocycles. The van der Waals surface area contributed by atoms with Gasteiger partial charge in [0.2, 0.25) is 0 Å². The van der Waals surface area contributed by atoms with Crippen molar-refractivity contribution in [3.05, 3.63) is 45.7 Å². The Labute approximate surface area is 144 Å². The summed E-state index contributed by atoms with van der Waals surface area (Å²) in [7, 11) is 0. The van der Waals surface area contributed by atoms with E-state index in [1.165, 1.54) is 16.9 Å². The molecule has 1 N–H and O–H groups in total. The van der Waals surface area contributed by atoms with Crippen molar-refractivity contribution in [1.29, 1.82) is 0 Å². The van der Waals surface area contributed by atoms with Crippen LogP contribution in [0.1, 0.15) is 44.8 Å². The molecular weight excluding hydrogens is 320 g/mol. The molecule has 1 atom stereocenters. The molecule has 0 aliphatic carbocycles. The van der Waals surface area contributed by atoms with Crippen molar-refractivity contribution in [2.24, 2.45) is 0 Å². The summed E-state index contributed by atoms with van der Waals surface area (Å²) in [4.78, 5) is 27.8. The largest absolute Gasteiger partial charge is 0.342 e. The summed E-state index contributed by atoms with van der Waals surface area (Å²) in [5, 5.41) is 0.930. The van der Waals surface area contributed by atoms with Gasteiger partial charge in [-0.25, -0.2) is 9.97 Å². The number of fused-ring (bicyclic) bond motifs is 1. The summed E-state index contributed by atoms with van der Waals surface area (Å²) < 4.78 is 0. The van der Waals surface area contributed by atoms with Crippen LogP contribution in [-0.4, -0.2) is 38.8 Å². The van der Waals surface area contributed by atoms with E-state index in [9.17, 15) is 4.79 Å². The second-order valence-corrected chi connectivity index (χ2v) is 7.66. The lowest BCUT2D eigenvalue weighted by Gasteiger charge is -2.31.